The maximum Gasteiger partial charge on any atom is 0.222 e. The molecule has 53 heavy (non-hydrogen) atoms. The minimum atomic E-state index is -0.605. The number of hydrogen-bond acceptors (Lipinski definition) is 7. The van der Waals surface area contributed by atoms with Gasteiger partial charge in [0.15, 0.2) is 0 Å². The Kier molecular flexibility index (Phi) is 18.4. The average molecular weight is 743 g/mol. The number of fused-ring (bicyclic) bond motifs is 1. The van der Waals surface area contributed by atoms with E-state index in [0.29, 0.717) is 56.4 Å². The van der Waals surface area contributed by atoms with Gasteiger partial charge in [0.1, 0.15) is 12.9 Å². The number of hydrogen-bond donors (Lipinski definition) is 3. The molecule has 8 nitrogen and oxygen atoms in total. The number of nitrogens with one attached hydrogen (secondary N) is 2. The largest absolute Gasteiger partial charge is 0.390 e. The lowest BCUT2D eigenvalue weighted by atomic mass is 9.60. The van der Waals surface area contributed by atoms with E-state index < -0.39 is 16.8 Å². The molecule has 3 fully saturated rings. The smallest absolute Gasteiger partial charge is 0.222 e. The maximum absolute atomic E-state index is 13.1. The highest BCUT2D eigenvalue weighted by Crippen LogP contribution is 2.60. The Hall–Kier alpha value is -1.84. The molecule has 0 aliphatic heterocycles. The fraction of sp³-hybridized carbons (Fsp3) is 0.822. The lowest BCUT2D eigenvalue weighted by Gasteiger charge is -2.44. The summed E-state index contributed by atoms with van der Waals surface area (Å²) in [5.74, 6) is 2.12. The Morgan fingerprint density at radius 3 is 2.53 bits per heavy atom. The lowest BCUT2D eigenvalue weighted by molar-refractivity contribution is -0.133. The van der Waals surface area contributed by atoms with Gasteiger partial charge in [0.25, 0.3) is 0 Å². The molecular formula is C45H78N2O6. The highest BCUT2D eigenvalue weighted by molar-refractivity contribution is 5.77. The molecule has 3 aliphatic carbocycles. The van der Waals surface area contributed by atoms with Crippen molar-refractivity contribution in [2.45, 2.75) is 175 Å². The van der Waals surface area contributed by atoms with Crippen molar-refractivity contribution in [3.05, 3.63) is 35.5 Å². The predicted octanol–water partition coefficient (Wildman–Crippen LogP) is 8.81. The zero-order valence-electron chi connectivity index (χ0n) is 35.1. The Bertz CT molecular complexity index is 1220. The van der Waals surface area contributed by atoms with E-state index in [-0.39, 0.29) is 25.0 Å². The van der Waals surface area contributed by atoms with Gasteiger partial charge in [0, 0.05) is 19.7 Å². The van der Waals surface area contributed by atoms with Crippen molar-refractivity contribution in [2.75, 3.05) is 39.5 Å². The topological polar surface area (TPSA) is 106 Å². The molecule has 0 spiro atoms. The van der Waals surface area contributed by atoms with Gasteiger partial charge in [-0.05, 0) is 140 Å². The van der Waals surface area contributed by atoms with E-state index in [1.807, 2.05) is 27.7 Å². The summed E-state index contributed by atoms with van der Waals surface area (Å²) in [7, 11) is 0. The SMILES string of the molecule is C=C1CC[C@H](OCCCNC(=O)CC(CC)(CNCC)OCCC(C)(C)OCC=O)C/C1=C/C=C1\CCC[C@]2(C)[C@@H]([C@H](C)CCCC(C)(C)O)CC[C@@H]12. The van der Waals surface area contributed by atoms with Crippen molar-refractivity contribution in [1.29, 1.82) is 0 Å². The number of amides is 1. The van der Waals surface area contributed by atoms with Crippen LogP contribution in [0.1, 0.15) is 152 Å². The van der Waals surface area contributed by atoms with Gasteiger partial charge >= 0.3 is 0 Å². The highest BCUT2D eigenvalue weighted by atomic mass is 16.5. The second-order valence-corrected chi connectivity index (χ2v) is 18.1. The Morgan fingerprint density at radius 2 is 1.83 bits per heavy atom. The van der Waals surface area contributed by atoms with E-state index in [0.717, 1.165) is 57.3 Å². The minimum Gasteiger partial charge on any atom is -0.390 e. The highest BCUT2D eigenvalue weighted by Gasteiger charge is 2.50. The summed E-state index contributed by atoms with van der Waals surface area (Å²) >= 11 is 0. The second-order valence-electron chi connectivity index (χ2n) is 18.1. The molecule has 0 radical (unpaired) electrons. The Labute approximate surface area is 323 Å². The number of carbonyl (C=O) groups is 2. The molecule has 6 atom stereocenters. The number of rotatable bonds is 24. The monoisotopic (exact) mass is 743 g/mol. The summed E-state index contributed by atoms with van der Waals surface area (Å²) in [5, 5.41) is 16.7. The van der Waals surface area contributed by atoms with E-state index in [9.17, 15) is 14.7 Å². The van der Waals surface area contributed by atoms with Crippen LogP contribution in [0, 0.1) is 23.2 Å². The summed E-state index contributed by atoms with van der Waals surface area (Å²) in [4.78, 5) is 23.8. The van der Waals surface area contributed by atoms with Gasteiger partial charge in [-0.1, -0.05) is 70.4 Å². The zero-order valence-corrected chi connectivity index (χ0v) is 35.1. The number of aldehydes is 1. The first-order valence-corrected chi connectivity index (χ1v) is 21.2. The predicted molar refractivity (Wildman–Crippen MR) is 217 cm³/mol. The molecule has 3 saturated carbocycles. The van der Waals surface area contributed by atoms with Gasteiger partial charge in [-0.25, -0.2) is 0 Å². The third kappa shape index (κ3) is 14.6. The molecule has 0 heterocycles. The fourth-order valence-corrected chi connectivity index (χ4v) is 9.41. The molecule has 3 aliphatic rings. The molecule has 3 rings (SSSR count). The summed E-state index contributed by atoms with van der Waals surface area (Å²) in [6.45, 7) is 24.4. The van der Waals surface area contributed by atoms with Crippen LogP contribution in [0.2, 0.25) is 0 Å². The zero-order chi connectivity index (χ0) is 39.1. The van der Waals surface area contributed by atoms with Crippen molar-refractivity contribution in [3.8, 4) is 0 Å². The third-order valence-corrected chi connectivity index (χ3v) is 12.8. The molecule has 0 aromatic carbocycles. The second kappa shape index (κ2) is 21.5. The molecule has 304 valence electrons. The van der Waals surface area contributed by atoms with E-state index in [1.165, 1.54) is 49.7 Å². The normalized spacial score (nSPS) is 27.1. The fourth-order valence-electron chi connectivity index (χ4n) is 9.41. The maximum atomic E-state index is 13.1. The first-order valence-electron chi connectivity index (χ1n) is 21.2. The number of carbonyl (C=O) groups excluding carboxylic acids is 2. The van der Waals surface area contributed by atoms with Crippen LogP contribution in [-0.4, -0.2) is 79.7 Å². The van der Waals surface area contributed by atoms with E-state index in [2.05, 4.69) is 57.1 Å². The Morgan fingerprint density at radius 1 is 1.06 bits per heavy atom. The van der Waals surface area contributed by atoms with Crippen LogP contribution in [0.4, 0.5) is 0 Å². The molecule has 0 aromatic heterocycles. The molecule has 0 bridgehead atoms. The molecule has 0 aromatic rings. The summed E-state index contributed by atoms with van der Waals surface area (Å²) in [6, 6.07) is 0. The van der Waals surface area contributed by atoms with E-state index in [1.54, 1.807) is 5.57 Å². The van der Waals surface area contributed by atoms with Gasteiger partial charge in [0.2, 0.25) is 5.91 Å². The quantitative estimate of drug-likeness (QED) is 0.0671. The lowest BCUT2D eigenvalue weighted by Crippen LogP contribution is -2.47. The molecule has 8 heteroatoms. The van der Waals surface area contributed by atoms with E-state index >= 15 is 0 Å². The van der Waals surface area contributed by atoms with Crippen molar-refractivity contribution in [1.82, 2.24) is 10.6 Å². The molecule has 1 amide bonds. The van der Waals surface area contributed by atoms with Crippen molar-refractivity contribution in [3.63, 3.8) is 0 Å². The number of likely N-dealkylation sites (N-methyl/N-ethyl adjacent to an activating group) is 1. The van der Waals surface area contributed by atoms with Crippen LogP contribution in [0.25, 0.3) is 0 Å². The summed E-state index contributed by atoms with van der Waals surface area (Å²) in [6.07, 6.45) is 20.6. The number of ether oxygens (including phenoxy) is 3. The first kappa shape index (κ1) is 45.5. The van der Waals surface area contributed by atoms with Gasteiger partial charge in [-0.15, -0.1) is 0 Å². The molecular weight excluding hydrogens is 665 g/mol. The van der Waals surface area contributed by atoms with Crippen molar-refractivity contribution < 1.29 is 28.9 Å². The third-order valence-electron chi connectivity index (χ3n) is 12.8. The standard InChI is InChI=1S/C45H78N2O6/c1-10-45(33-46-11-2,53-29-25-43(7,8)52-30-27-48)32-41(49)47-26-14-28-51-38-20-17-34(3)37(31-38)19-18-36-16-13-24-44(9)39(21-22-40(36)44)35(4)15-12-23-42(5,6)50/h18-19,27,35,38-40,46,50H,3,10-17,20-26,28-33H2,1-2,4-9H3,(H,47,49)/b36-18+,37-19-/t35-,38+,39-,40+,44-,45?/m1/s1. The van der Waals surface area contributed by atoms with Gasteiger partial charge in [-0.2, -0.15) is 0 Å². The average Bonchev–Trinajstić information content (AvgIpc) is 3.46. The van der Waals surface area contributed by atoms with Gasteiger partial charge < -0.3 is 34.7 Å². The van der Waals surface area contributed by atoms with Crippen LogP contribution < -0.4 is 10.6 Å². The van der Waals surface area contributed by atoms with Crippen LogP contribution in [-0.2, 0) is 23.8 Å². The minimum absolute atomic E-state index is 0.0129. The van der Waals surface area contributed by atoms with Crippen LogP contribution >= 0.6 is 0 Å². The Balaban J connectivity index is 1.47. The van der Waals surface area contributed by atoms with Crippen LogP contribution in [0.3, 0.4) is 0 Å². The van der Waals surface area contributed by atoms with Crippen molar-refractivity contribution in [2.24, 2.45) is 23.2 Å². The number of aliphatic hydroxyl groups is 1. The molecule has 0 saturated heterocycles. The molecule has 1 unspecified atom stereocenters. The molecule has 3 N–H and O–H groups in total. The summed E-state index contributed by atoms with van der Waals surface area (Å²) in [5.41, 5.74) is 2.94. The van der Waals surface area contributed by atoms with Crippen molar-refractivity contribution >= 4 is 12.2 Å². The number of allylic oxidation sites excluding steroid dienone is 4. The van der Waals surface area contributed by atoms with E-state index in [4.69, 9.17) is 14.2 Å². The first-order chi connectivity index (χ1) is 25.1. The summed E-state index contributed by atoms with van der Waals surface area (Å²) < 4.78 is 18.4. The van der Waals surface area contributed by atoms with Crippen LogP contribution in [0.5, 0.6) is 0 Å². The van der Waals surface area contributed by atoms with Crippen LogP contribution in [0.15, 0.2) is 35.5 Å². The van der Waals surface area contributed by atoms with Gasteiger partial charge in [0.05, 0.1) is 35.9 Å². The van der Waals surface area contributed by atoms with Gasteiger partial charge in [-0.3, -0.25) is 4.79 Å².